The molecule has 0 heterocycles. The number of benzene rings is 3. The Balaban J connectivity index is 1.70. The number of para-hydroxylation sites is 1. The van der Waals surface area contributed by atoms with E-state index in [0.29, 0.717) is 29.2 Å². The van der Waals surface area contributed by atoms with Crippen molar-refractivity contribution >= 4 is 22.2 Å². The van der Waals surface area contributed by atoms with E-state index in [-0.39, 0.29) is 17.7 Å². The van der Waals surface area contributed by atoms with Gasteiger partial charge >= 0.3 is 16.3 Å². The molecule has 190 valence electrons. The number of hydrogen-bond donors (Lipinski definition) is 1. The number of alkyl halides is 3. The Hall–Kier alpha value is -4.06. The molecule has 0 spiro atoms. The number of hydrazone groups is 1. The second-order valence-electron chi connectivity index (χ2n) is 7.25. The van der Waals surface area contributed by atoms with Gasteiger partial charge in [-0.05, 0) is 42.5 Å². The van der Waals surface area contributed by atoms with E-state index < -0.39 is 32.7 Å². The van der Waals surface area contributed by atoms with Crippen molar-refractivity contribution in [1.82, 2.24) is 5.43 Å². The molecule has 0 aromatic heterocycles. The minimum atomic E-state index is -4.60. The van der Waals surface area contributed by atoms with E-state index >= 15 is 0 Å². The summed E-state index contributed by atoms with van der Waals surface area (Å²) in [6, 6.07) is 13.8. The molecule has 3 aromatic carbocycles. The van der Waals surface area contributed by atoms with Crippen LogP contribution in [0.25, 0.3) is 0 Å². The van der Waals surface area contributed by atoms with Gasteiger partial charge < -0.3 is 13.7 Å². The fraction of sp³-hybridized carbons (Fsp3) is 0.167. The SMILES string of the molecule is COc1ccc(CC(=O)N/N=C/c2ccccc2OS(=O)(=O)c2ccc(C(F)(F)F)cc2)c(OC)c1. The van der Waals surface area contributed by atoms with Crippen LogP contribution in [0.5, 0.6) is 17.2 Å². The zero-order valence-electron chi connectivity index (χ0n) is 19.1. The van der Waals surface area contributed by atoms with Gasteiger partial charge in [-0.2, -0.15) is 26.7 Å². The van der Waals surface area contributed by atoms with Crippen LogP contribution in [0, 0.1) is 0 Å². The molecule has 0 aliphatic heterocycles. The number of carbonyl (C=O) groups excluding carboxylic acids is 1. The lowest BCUT2D eigenvalue weighted by Crippen LogP contribution is -2.20. The quantitative estimate of drug-likeness (QED) is 0.257. The second kappa shape index (κ2) is 11.1. The Bertz CT molecular complexity index is 1360. The lowest BCUT2D eigenvalue weighted by Gasteiger charge is -2.11. The molecular weight excluding hydrogens is 501 g/mol. The molecule has 1 amide bonds. The molecule has 3 aromatic rings. The van der Waals surface area contributed by atoms with Crippen molar-refractivity contribution < 1.29 is 40.0 Å². The molecule has 0 saturated carbocycles. The van der Waals surface area contributed by atoms with Crippen LogP contribution in [0.15, 0.2) is 76.7 Å². The minimum Gasteiger partial charge on any atom is -0.497 e. The zero-order valence-corrected chi connectivity index (χ0v) is 19.9. The molecule has 0 bridgehead atoms. The van der Waals surface area contributed by atoms with Gasteiger partial charge in [0.2, 0.25) is 5.91 Å². The first-order chi connectivity index (χ1) is 17.0. The second-order valence-corrected chi connectivity index (χ2v) is 8.79. The predicted molar refractivity (Wildman–Crippen MR) is 125 cm³/mol. The maximum Gasteiger partial charge on any atom is 0.416 e. The molecule has 1 N–H and O–H groups in total. The number of amides is 1. The summed E-state index contributed by atoms with van der Waals surface area (Å²) in [5.41, 5.74) is 2.14. The van der Waals surface area contributed by atoms with Gasteiger partial charge in [0.25, 0.3) is 0 Å². The maximum atomic E-state index is 12.7. The number of carbonyl (C=O) groups is 1. The van der Waals surface area contributed by atoms with Crippen molar-refractivity contribution in [3.63, 3.8) is 0 Å². The lowest BCUT2D eigenvalue weighted by atomic mass is 10.1. The van der Waals surface area contributed by atoms with Crippen molar-refractivity contribution in [3.05, 3.63) is 83.4 Å². The fourth-order valence-corrected chi connectivity index (χ4v) is 3.98. The van der Waals surface area contributed by atoms with Gasteiger partial charge in [0.05, 0.1) is 32.4 Å². The van der Waals surface area contributed by atoms with E-state index in [9.17, 15) is 26.4 Å². The van der Waals surface area contributed by atoms with E-state index in [1.807, 2.05) is 0 Å². The smallest absolute Gasteiger partial charge is 0.416 e. The van der Waals surface area contributed by atoms with Crippen molar-refractivity contribution in [2.24, 2.45) is 5.10 Å². The van der Waals surface area contributed by atoms with Crippen LogP contribution in [0.4, 0.5) is 13.2 Å². The summed E-state index contributed by atoms with van der Waals surface area (Å²) < 4.78 is 78.9. The molecule has 8 nitrogen and oxygen atoms in total. The highest BCUT2D eigenvalue weighted by Gasteiger charge is 2.31. The molecule has 0 fully saturated rings. The van der Waals surface area contributed by atoms with E-state index in [1.165, 1.54) is 38.6 Å². The van der Waals surface area contributed by atoms with Crippen LogP contribution in [-0.4, -0.2) is 34.8 Å². The largest absolute Gasteiger partial charge is 0.497 e. The highest BCUT2D eigenvalue weighted by atomic mass is 32.2. The van der Waals surface area contributed by atoms with Crippen LogP contribution in [-0.2, 0) is 27.5 Å². The van der Waals surface area contributed by atoms with Crippen LogP contribution >= 0.6 is 0 Å². The number of hydrogen-bond acceptors (Lipinski definition) is 7. The molecule has 0 unspecified atom stereocenters. The Morgan fingerprint density at radius 1 is 0.972 bits per heavy atom. The summed E-state index contributed by atoms with van der Waals surface area (Å²) in [7, 11) is -1.47. The van der Waals surface area contributed by atoms with Gasteiger partial charge in [-0.25, -0.2) is 5.43 Å². The zero-order chi connectivity index (χ0) is 26.3. The lowest BCUT2D eigenvalue weighted by molar-refractivity contribution is -0.137. The van der Waals surface area contributed by atoms with Crippen molar-refractivity contribution in [3.8, 4) is 17.2 Å². The van der Waals surface area contributed by atoms with Gasteiger partial charge in [0, 0.05) is 17.2 Å². The number of nitrogens with one attached hydrogen (secondary N) is 1. The molecule has 0 aliphatic carbocycles. The van der Waals surface area contributed by atoms with E-state index in [1.54, 1.807) is 24.3 Å². The fourth-order valence-electron chi connectivity index (χ4n) is 3.02. The van der Waals surface area contributed by atoms with Crippen LogP contribution in [0.2, 0.25) is 0 Å². The van der Waals surface area contributed by atoms with Crippen LogP contribution < -0.4 is 19.1 Å². The average Bonchev–Trinajstić information content (AvgIpc) is 2.84. The molecule has 0 saturated heterocycles. The van der Waals surface area contributed by atoms with E-state index in [0.717, 1.165) is 12.1 Å². The summed E-state index contributed by atoms with van der Waals surface area (Å²) in [4.78, 5) is 11.8. The number of halogens is 3. The first-order valence-electron chi connectivity index (χ1n) is 10.3. The van der Waals surface area contributed by atoms with Gasteiger partial charge in [-0.3, -0.25) is 4.79 Å². The number of methoxy groups -OCH3 is 2. The highest BCUT2D eigenvalue weighted by molar-refractivity contribution is 7.87. The topological polar surface area (TPSA) is 103 Å². The number of rotatable bonds is 9. The van der Waals surface area contributed by atoms with Gasteiger partial charge in [-0.15, -0.1) is 0 Å². The van der Waals surface area contributed by atoms with Gasteiger partial charge in [0.1, 0.15) is 16.4 Å². The third-order valence-electron chi connectivity index (χ3n) is 4.83. The Kier molecular flexibility index (Phi) is 8.20. The van der Waals surface area contributed by atoms with Crippen molar-refractivity contribution in [2.75, 3.05) is 14.2 Å². The summed E-state index contributed by atoms with van der Waals surface area (Å²) in [5, 5.41) is 3.84. The molecular formula is C24H21F3N2O6S. The maximum absolute atomic E-state index is 12.7. The normalized spacial score (nSPS) is 11.8. The first-order valence-corrected chi connectivity index (χ1v) is 11.7. The first kappa shape index (κ1) is 26.5. The number of nitrogens with zero attached hydrogens (tertiary/aromatic N) is 1. The van der Waals surface area contributed by atoms with Crippen molar-refractivity contribution in [1.29, 1.82) is 0 Å². The highest BCUT2D eigenvalue weighted by Crippen LogP contribution is 2.30. The van der Waals surface area contributed by atoms with Crippen molar-refractivity contribution in [2.45, 2.75) is 17.5 Å². The summed E-state index contributed by atoms with van der Waals surface area (Å²) in [6.45, 7) is 0. The minimum absolute atomic E-state index is 0.0506. The van der Waals surface area contributed by atoms with Crippen LogP contribution in [0.1, 0.15) is 16.7 Å². The molecule has 3 rings (SSSR count). The summed E-state index contributed by atoms with van der Waals surface area (Å²) in [6.07, 6.45) is -3.47. The Labute approximate surface area is 205 Å². The van der Waals surface area contributed by atoms with Crippen LogP contribution in [0.3, 0.4) is 0 Å². The number of ether oxygens (including phenoxy) is 2. The van der Waals surface area contributed by atoms with E-state index in [4.69, 9.17) is 13.7 Å². The third kappa shape index (κ3) is 6.75. The predicted octanol–water partition coefficient (Wildman–Crippen LogP) is 4.18. The molecule has 0 aliphatic rings. The molecule has 0 atom stereocenters. The monoisotopic (exact) mass is 522 g/mol. The average molecular weight is 523 g/mol. The molecule has 36 heavy (non-hydrogen) atoms. The summed E-state index contributed by atoms with van der Waals surface area (Å²) >= 11 is 0. The Morgan fingerprint density at radius 2 is 1.67 bits per heavy atom. The molecule has 0 radical (unpaired) electrons. The molecule has 12 heteroatoms. The van der Waals surface area contributed by atoms with Gasteiger partial charge in [-0.1, -0.05) is 18.2 Å². The standard InChI is InChI=1S/C24H21F3N2O6S/c1-33-19-10-7-16(22(14-19)34-2)13-23(30)29-28-15-17-5-3-4-6-21(17)35-36(31,32)20-11-8-18(9-12-20)24(25,26)27/h3-12,14-15H,13H2,1-2H3,(H,29,30)/b28-15+. The van der Waals surface area contributed by atoms with Gasteiger partial charge in [0.15, 0.2) is 5.75 Å². The van der Waals surface area contributed by atoms with E-state index in [2.05, 4.69) is 10.5 Å². The summed E-state index contributed by atoms with van der Waals surface area (Å²) in [5.74, 6) is 0.426. The third-order valence-corrected chi connectivity index (χ3v) is 6.08. The Morgan fingerprint density at radius 3 is 2.31 bits per heavy atom.